The number of aromatic carboxylic acids is 1. The first-order valence-corrected chi connectivity index (χ1v) is 16.1. The number of likely N-dealkylation sites (tertiary alicyclic amines) is 2. The number of anilines is 1. The number of carbonyl (C=O) groups is 3. The quantitative estimate of drug-likeness (QED) is 0.260. The largest absolute Gasteiger partial charge is 0.478 e. The summed E-state index contributed by atoms with van der Waals surface area (Å²) in [5, 5.41) is 24.7. The zero-order valence-corrected chi connectivity index (χ0v) is 25.9. The van der Waals surface area contributed by atoms with E-state index < -0.39 is 12.1 Å². The summed E-state index contributed by atoms with van der Waals surface area (Å²) in [6.45, 7) is 4.14. The fourth-order valence-corrected chi connectivity index (χ4v) is 6.54. The Morgan fingerprint density at radius 1 is 0.891 bits per heavy atom. The molecule has 0 aliphatic carbocycles. The Kier molecular flexibility index (Phi) is 9.84. The van der Waals surface area contributed by atoms with Gasteiger partial charge < -0.3 is 20.1 Å². The molecule has 2 amide bonds. The van der Waals surface area contributed by atoms with E-state index in [1.165, 1.54) is 54.9 Å². The van der Waals surface area contributed by atoms with Gasteiger partial charge >= 0.3 is 12.1 Å². The third-order valence-corrected chi connectivity index (χ3v) is 9.30. The van der Waals surface area contributed by atoms with E-state index in [4.69, 9.17) is 9.84 Å². The van der Waals surface area contributed by atoms with Crippen LogP contribution in [0.4, 0.5) is 10.5 Å². The molecule has 0 bridgehead atoms. The van der Waals surface area contributed by atoms with E-state index in [1.54, 1.807) is 33.8 Å². The van der Waals surface area contributed by atoms with Crippen LogP contribution in [0.3, 0.4) is 0 Å². The minimum Gasteiger partial charge on any atom is -0.478 e. The maximum Gasteiger partial charge on any atom is 0.416 e. The molecule has 2 aliphatic rings. The molecule has 2 N–H and O–H groups in total. The van der Waals surface area contributed by atoms with E-state index in [1.807, 2.05) is 24.3 Å². The standard InChI is InChI=1S/C32H34N8O5S/c41-29(23-6-4-22(5-7-23)21-38-16-2-1-3-17-38)34-25-10-13-28(33-20-25)45-32(44)39-18-14-27(15-19-39)46-31-35-36-37-40(31)26-11-8-24(9-12-26)30(42)43/h4-13,20,27H,1-3,14-19,21H2,(H,34,41)(H,42,43). The number of carboxylic acids is 1. The van der Waals surface area contributed by atoms with Crippen LogP contribution in [-0.2, 0) is 6.54 Å². The molecule has 2 fully saturated rings. The van der Waals surface area contributed by atoms with Gasteiger partial charge in [-0.05, 0) is 97.2 Å². The second-order valence-electron chi connectivity index (χ2n) is 11.3. The first-order valence-electron chi connectivity index (χ1n) is 15.3. The van der Waals surface area contributed by atoms with Crippen LogP contribution < -0.4 is 10.1 Å². The van der Waals surface area contributed by atoms with Gasteiger partial charge in [-0.25, -0.2) is 14.6 Å². The van der Waals surface area contributed by atoms with Gasteiger partial charge in [-0.15, -0.1) is 5.10 Å². The first kappa shape index (κ1) is 31.2. The van der Waals surface area contributed by atoms with Gasteiger partial charge in [0.2, 0.25) is 11.0 Å². The summed E-state index contributed by atoms with van der Waals surface area (Å²) in [6, 6.07) is 17.2. The van der Waals surface area contributed by atoms with Gasteiger partial charge in [0, 0.05) is 36.5 Å². The van der Waals surface area contributed by atoms with Crippen molar-refractivity contribution >= 4 is 35.4 Å². The average molecular weight is 643 g/mol. The number of nitrogens with zero attached hydrogens (tertiary/aromatic N) is 7. The van der Waals surface area contributed by atoms with Crippen LogP contribution in [0.2, 0.25) is 0 Å². The Hall–Kier alpha value is -4.82. The summed E-state index contributed by atoms with van der Waals surface area (Å²) in [6.07, 6.45) is 6.19. The van der Waals surface area contributed by atoms with Gasteiger partial charge in [-0.1, -0.05) is 30.3 Å². The van der Waals surface area contributed by atoms with E-state index in [0.29, 0.717) is 48.0 Å². The second kappa shape index (κ2) is 14.5. The number of pyridine rings is 1. The summed E-state index contributed by atoms with van der Waals surface area (Å²) >= 11 is 1.52. The molecule has 6 rings (SSSR count). The lowest BCUT2D eigenvalue weighted by Crippen LogP contribution is -2.41. The number of ether oxygens (including phenoxy) is 1. The van der Waals surface area contributed by atoms with Gasteiger partial charge in [-0.2, -0.15) is 4.68 Å². The summed E-state index contributed by atoms with van der Waals surface area (Å²) in [5.41, 5.74) is 3.10. The van der Waals surface area contributed by atoms with Gasteiger partial charge in [0.15, 0.2) is 0 Å². The highest BCUT2D eigenvalue weighted by molar-refractivity contribution is 7.99. The van der Waals surface area contributed by atoms with Crippen LogP contribution in [0.5, 0.6) is 5.88 Å². The number of amides is 2. The number of nitrogens with one attached hydrogen (secondary N) is 1. The molecule has 2 aliphatic heterocycles. The third-order valence-electron chi connectivity index (χ3n) is 8.03. The number of hydrogen-bond acceptors (Lipinski definition) is 10. The lowest BCUT2D eigenvalue weighted by Gasteiger charge is -2.30. The number of hydrogen-bond donors (Lipinski definition) is 2. The molecule has 14 heteroatoms. The highest BCUT2D eigenvalue weighted by atomic mass is 32.2. The van der Waals surface area contributed by atoms with Gasteiger partial charge in [0.25, 0.3) is 5.91 Å². The zero-order chi connectivity index (χ0) is 31.9. The zero-order valence-electron chi connectivity index (χ0n) is 25.1. The number of thioether (sulfide) groups is 1. The highest BCUT2D eigenvalue weighted by Gasteiger charge is 2.27. The van der Waals surface area contributed by atoms with Gasteiger partial charge in [-0.3, -0.25) is 9.69 Å². The SMILES string of the molecule is O=C(O)c1ccc(-n2nnnc2SC2CCN(C(=O)Oc3ccc(NC(=O)c4ccc(CN5CCCCC5)cc4)cn3)CC2)cc1. The molecule has 0 radical (unpaired) electrons. The molecular formula is C32H34N8O5S. The Balaban J connectivity index is 0.951. The van der Waals surface area contributed by atoms with Crippen molar-refractivity contribution in [1.29, 1.82) is 0 Å². The van der Waals surface area contributed by atoms with Crippen molar-refractivity contribution in [2.75, 3.05) is 31.5 Å². The molecule has 2 aromatic carbocycles. The third kappa shape index (κ3) is 7.87. The van der Waals surface area contributed by atoms with Crippen LogP contribution in [-0.4, -0.2) is 89.5 Å². The van der Waals surface area contributed by atoms with Crippen molar-refractivity contribution in [2.24, 2.45) is 0 Å². The maximum absolute atomic E-state index is 12.8. The molecule has 0 spiro atoms. The Morgan fingerprint density at radius 3 is 2.28 bits per heavy atom. The summed E-state index contributed by atoms with van der Waals surface area (Å²) in [7, 11) is 0. The van der Waals surface area contributed by atoms with Crippen LogP contribution in [0.25, 0.3) is 5.69 Å². The summed E-state index contributed by atoms with van der Waals surface area (Å²) in [5.74, 6) is -1.09. The number of piperidine rings is 2. The molecule has 0 unspecified atom stereocenters. The molecule has 0 atom stereocenters. The number of tetrazole rings is 1. The van der Waals surface area contributed by atoms with E-state index in [0.717, 1.165) is 19.6 Å². The van der Waals surface area contributed by atoms with Gasteiger partial charge in [0.1, 0.15) is 0 Å². The number of carboxylic acid groups (broad SMARTS) is 1. The van der Waals surface area contributed by atoms with Crippen molar-refractivity contribution in [3.8, 4) is 11.6 Å². The molecule has 2 saturated heterocycles. The maximum atomic E-state index is 12.8. The Morgan fingerprint density at radius 2 is 1.61 bits per heavy atom. The number of aromatic nitrogens is 5. The van der Waals surface area contributed by atoms with E-state index in [-0.39, 0.29) is 22.6 Å². The Labute approximate surface area is 269 Å². The molecule has 13 nitrogen and oxygen atoms in total. The monoisotopic (exact) mass is 642 g/mol. The van der Waals surface area contributed by atoms with Crippen LogP contribution in [0, 0.1) is 0 Å². The van der Waals surface area contributed by atoms with E-state index in [9.17, 15) is 14.4 Å². The molecular weight excluding hydrogens is 608 g/mol. The fraction of sp³-hybridized carbons (Fsp3) is 0.344. The van der Waals surface area contributed by atoms with Crippen molar-refractivity contribution < 1.29 is 24.2 Å². The van der Waals surface area contributed by atoms with Crippen molar-refractivity contribution in [1.82, 2.24) is 35.0 Å². The molecule has 238 valence electrons. The molecule has 4 aromatic rings. The lowest BCUT2D eigenvalue weighted by molar-refractivity contribution is 0.0696. The molecule has 46 heavy (non-hydrogen) atoms. The molecule has 4 heterocycles. The predicted molar refractivity (Wildman–Crippen MR) is 170 cm³/mol. The first-order chi connectivity index (χ1) is 22.4. The van der Waals surface area contributed by atoms with Crippen molar-refractivity contribution in [3.05, 3.63) is 83.6 Å². The summed E-state index contributed by atoms with van der Waals surface area (Å²) < 4.78 is 7.06. The van der Waals surface area contributed by atoms with Crippen LogP contribution in [0.15, 0.2) is 72.0 Å². The van der Waals surface area contributed by atoms with Crippen LogP contribution >= 0.6 is 11.8 Å². The normalized spacial score (nSPS) is 15.8. The second-order valence-corrected chi connectivity index (χ2v) is 12.5. The number of carbonyl (C=O) groups excluding carboxylic acids is 2. The summed E-state index contributed by atoms with van der Waals surface area (Å²) in [4.78, 5) is 45.0. The minimum atomic E-state index is -1.00. The minimum absolute atomic E-state index is 0.148. The van der Waals surface area contributed by atoms with Gasteiger partial charge in [0.05, 0.1) is 23.1 Å². The average Bonchev–Trinajstić information content (AvgIpc) is 3.55. The van der Waals surface area contributed by atoms with Crippen molar-refractivity contribution in [2.45, 2.75) is 49.1 Å². The number of benzene rings is 2. The van der Waals surface area contributed by atoms with E-state index >= 15 is 0 Å². The lowest BCUT2D eigenvalue weighted by atomic mass is 10.1. The van der Waals surface area contributed by atoms with Crippen LogP contribution in [0.1, 0.15) is 58.4 Å². The van der Waals surface area contributed by atoms with Crippen molar-refractivity contribution in [3.63, 3.8) is 0 Å². The van der Waals surface area contributed by atoms with E-state index in [2.05, 4.69) is 30.7 Å². The molecule has 0 saturated carbocycles. The molecule has 2 aromatic heterocycles. The smallest absolute Gasteiger partial charge is 0.416 e. The predicted octanol–water partition coefficient (Wildman–Crippen LogP) is 4.75. The topological polar surface area (TPSA) is 156 Å². The Bertz CT molecular complexity index is 1650. The fourth-order valence-electron chi connectivity index (χ4n) is 5.47. The number of rotatable bonds is 9. The highest BCUT2D eigenvalue weighted by Crippen LogP contribution is 2.30.